The van der Waals surface area contributed by atoms with Gasteiger partial charge in [-0.2, -0.15) is 0 Å². The van der Waals surface area contributed by atoms with Gasteiger partial charge in [0.1, 0.15) is 0 Å². The summed E-state index contributed by atoms with van der Waals surface area (Å²) in [6.45, 7) is 1.13. The lowest BCUT2D eigenvalue weighted by atomic mass is 9.82. The van der Waals surface area contributed by atoms with Crippen LogP contribution < -0.4 is 0 Å². The number of carbonyl (C=O) groups excluding carboxylic acids is 1. The second-order valence-electron chi connectivity index (χ2n) is 5.96. The zero-order chi connectivity index (χ0) is 15.7. The summed E-state index contributed by atoms with van der Waals surface area (Å²) in [6, 6.07) is 9.51. The number of benzene rings is 1. The fraction of sp³-hybridized carbons (Fsp3) is 0.500. The molecule has 1 N–H and O–H groups in total. The molecule has 3 rings (SSSR count). The molecular weight excluding hydrogens is 284 g/mol. The molecule has 0 radical (unpaired) electrons. The van der Waals surface area contributed by atoms with Crippen molar-refractivity contribution in [2.75, 3.05) is 26.8 Å². The molecule has 0 bridgehead atoms. The fourth-order valence-electron chi connectivity index (χ4n) is 3.46. The molecular formula is C16H20N2O4. The number of methoxy groups -OCH3 is 1. The minimum absolute atomic E-state index is 0.0179. The highest BCUT2D eigenvalue weighted by Gasteiger charge is 2.56. The van der Waals surface area contributed by atoms with Gasteiger partial charge in [0.05, 0.1) is 12.6 Å². The number of fused-ring (bicyclic) bond motifs is 1. The van der Waals surface area contributed by atoms with Gasteiger partial charge in [-0.1, -0.05) is 30.3 Å². The number of ether oxygens (including phenoxy) is 1. The third-order valence-corrected chi connectivity index (χ3v) is 4.67. The summed E-state index contributed by atoms with van der Waals surface area (Å²) in [6.07, 6.45) is 0.132. The molecule has 2 aliphatic heterocycles. The molecule has 0 spiro atoms. The highest BCUT2D eigenvalue weighted by molar-refractivity contribution is 5.92. The molecule has 2 heterocycles. The second kappa shape index (κ2) is 5.61. The molecule has 0 saturated carbocycles. The largest absolute Gasteiger partial charge is 0.465 e. The topological polar surface area (TPSA) is 70.1 Å². The molecule has 2 atom stereocenters. The Morgan fingerprint density at radius 2 is 2.14 bits per heavy atom. The zero-order valence-corrected chi connectivity index (χ0v) is 12.6. The molecule has 118 valence electrons. The van der Waals surface area contributed by atoms with E-state index in [1.165, 1.54) is 12.0 Å². The molecule has 22 heavy (non-hydrogen) atoms. The second-order valence-corrected chi connectivity index (χ2v) is 5.96. The maximum atomic E-state index is 13.0. The maximum absolute atomic E-state index is 13.0. The number of amides is 2. The van der Waals surface area contributed by atoms with Crippen LogP contribution in [0.3, 0.4) is 0 Å². The van der Waals surface area contributed by atoms with Crippen LogP contribution in [0.5, 0.6) is 0 Å². The van der Waals surface area contributed by atoms with E-state index in [9.17, 15) is 14.7 Å². The molecule has 0 aliphatic carbocycles. The molecule has 2 aliphatic rings. The van der Waals surface area contributed by atoms with Gasteiger partial charge in [0.15, 0.2) is 5.54 Å². The van der Waals surface area contributed by atoms with Gasteiger partial charge in [0.25, 0.3) is 5.91 Å². The lowest BCUT2D eigenvalue weighted by molar-refractivity contribution is -0.167. The van der Waals surface area contributed by atoms with E-state index in [1.807, 2.05) is 30.3 Å². The minimum Gasteiger partial charge on any atom is -0.465 e. The molecule has 2 saturated heterocycles. The van der Waals surface area contributed by atoms with Gasteiger partial charge in [-0.25, -0.2) is 4.79 Å². The average Bonchev–Trinajstić information content (AvgIpc) is 2.45. The van der Waals surface area contributed by atoms with Gasteiger partial charge in [0.2, 0.25) is 0 Å². The Balaban J connectivity index is 1.99. The standard InChI is InChI=1S/C16H20N2O4/c1-22-11-16(9-12-5-3-2-4-6-12)14(19)17-8-7-13(17)10-18(16)15(20)21/h2-6,13H,7-11H2,1H3,(H,20,21). The molecule has 2 amide bonds. The van der Waals surface area contributed by atoms with Crippen molar-refractivity contribution in [2.45, 2.75) is 24.4 Å². The number of nitrogens with zero attached hydrogens (tertiary/aromatic N) is 2. The monoisotopic (exact) mass is 304 g/mol. The highest BCUT2D eigenvalue weighted by atomic mass is 16.5. The van der Waals surface area contributed by atoms with E-state index in [0.717, 1.165) is 12.0 Å². The van der Waals surface area contributed by atoms with Crippen molar-refractivity contribution in [3.05, 3.63) is 35.9 Å². The Labute approximate surface area is 129 Å². The van der Waals surface area contributed by atoms with Crippen molar-refractivity contribution < 1.29 is 19.4 Å². The van der Waals surface area contributed by atoms with Crippen LogP contribution in [0.25, 0.3) is 0 Å². The summed E-state index contributed by atoms with van der Waals surface area (Å²) in [7, 11) is 1.50. The Bertz CT molecular complexity index is 577. The number of piperazine rings is 1. The van der Waals surface area contributed by atoms with Crippen LogP contribution in [0.4, 0.5) is 4.79 Å². The first-order chi connectivity index (χ1) is 10.6. The van der Waals surface area contributed by atoms with Gasteiger partial charge >= 0.3 is 6.09 Å². The lowest BCUT2D eigenvalue weighted by Gasteiger charge is -2.56. The predicted molar refractivity (Wildman–Crippen MR) is 79.6 cm³/mol. The summed E-state index contributed by atoms with van der Waals surface area (Å²) >= 11 is 0. The summed E-state index contributed by atoms with van der Waals surface area (Å²) in [5, 5.41) is 9.62. The van der Waals surface area contributed by atoms with Crippen molar-refractivity contribution in [2.24, 2.45) is 0 Å². The summed E-state index contributed by atoms with van der Waals surface area (Å²) in [4.78, 5) is 27.8. The molecule has 6 heteroatoms. The van der Waals surface area contributed by atoms with Crippen LogP contribution in [0, 0.1) is 0 Å². The van der Waals surface area contributed by atoms with Crippen LogP contribution in [-0.2, 0) is 16.0 Å². The van der Waals surface area contributed by atoms with Crippen LogP contribution in [0.2, 0.25) is 0 Å². The molecule has 6 nitrogen and oxygen atoms in total. The van der Waals surface area contributed by atoms with E-state index < -0.39 is 11.6 Å². The third-order valence-electron chi connectivity index (χ3n) is 4.67. The number of carboxylic acid groups (broad SMARTS) is 1. The third kappa shape index (κ3) is 2.23. The van der Waals surface area contributed by atoms with Crippen LogP contribution in [0.15, 0.2) is 30.3 Å². The SMILES string of the molecule is COCC1(Cc2ccccc2)C(=O)N2CCC2CN1C(=O)O. The van der Waals surface area contributed by atoms with Crippen molar-refractivity contribution in [3.63, 3.8) is 0 Å². The van der Waals surface area contributed by atoms with E-state index in [-0.39, 0.29) is 18.6 Å². The molecule has 0 aromatic heterocycles. The van der Waals surface area contributed by atoms with Crippen molar-refractivity contribution in [1.29, 1.82) is 0 Å². The quantitative estimate of drug-likeness (QED) is 0.907. The zero-order valence-electron chi connectivity index (χ0n) is 12.6. The lowest BCUT2D eigenvalue weighted by Crippen LogP contribution is -2.76. The summed E-state index contributed by atoms with van der Waals surface area (Å²) in [5.74, 6) is -0.136. The number of hydrogen-bond donors (Lipinski definition) is 1. The van der Waals surface area contributed by atoms with E-state index in [2.05, 4.69) is 0 Å². The molecule has 2 fully saturated rings. The van der Waals surface area contributed by atoms with Crippen LogP contribution in [-0.4, -0.2) is 65.3 Å². The Kier molecular flexibility index (Phi) is 3.78. The Morgan fingerprint density at radius 3 is 2.68 bits per heavy atom. The minimum atomic E-state index is -1.17. The van der Waals surface area contributed by atoms with Gasteiger partial charge in [0, 0.05) is 26.6 Å². The van der Waals surface area contributed by atoms with Gasteiger partial charge in [-0.15, -0.1) is 0 Å². The average molecular weight is 304 g/mol. The highest BCUT2D eigenvalue weighted by Crippen LogP contribution is 2.35. The molecule has 2 unspecified atom stereocenters. The van der Waals surface area contributed by atoms with Gasteiger partial charge in [-0.05, 0) is 12.0 Å². The van der Waals surface area contributed by atoms with Crippen LogP contribution in [0.1, 0.15) is 12.0 Å². The smallest absolute Gasteiger partial charge is 0.408 e. The molecule has 1 aromatic rings. The van der Waals surface area contributed by atoms with Crippen molar-refractivity contribution >= 4 is 12.0 Å². The fourth-order valence-corrected chi connectivity index (χ4v) is 3.46. The summed E-state index contributed by atoms with van der Waals surface area (Å²) < 4.78 is 5.26. The Hall–Kier alpha value is -2.08. The van der Waals surface area contributed by atoms with E-state index >= 15 is 0 Å². The van der Waals surface area contributed by atoms with Crippen LogP contribution >= 0.6 is 0 Å². The first kappa shape index (κ1) is 14.8. The van der Waals surface area contributed by atoms with E-state index in [4.69, 9.17) is 4.74 Å². The van der Waals surface area contributed by atoms with Crippen molar-refractivity contribution in [1.82, 2.24) is 9.80 Å². The Morgan fingerprint density at radius 1 is 1.41 bits per heavy atom. The maximum Gasteiger partial charge on any atom is 0.408 e. The first-order valence-electron chi connectivity index (χ1n) is 7.43. The first-order valence-corrected chi connectivity index (χ1v) is 7.43. The normalized spacial score (nSPS) is 27.3. The number of carbonyl (C=O) groups is 2. The number of rotatable bonds is 4. The summed E-state index contributed by atoms with van der Waals surface area (Å²) in [5.41, 5.74) is -0.239. The van der Waals surface area contributed by atoms with Gasteiger partial charge < -0.3 is 14.7 Å². The van der Waals surface area contributed by atoms with Crippen molar-refractivity contribution in [3.8, 4) is 0 Å². The number of hydrogen-bond acceptors (Lipinski definition) is 3. The predicted octanol–water partition coefficient (Wildman–Crippen LogP) is 1.21. The molecule has 1 aromatic carbocycles. The van der Waals surface area contributed by atoms with E-state index in [1.54, 1.807) is 4.90 Å². The van der Waals surface area contributed by atoms with E-state index in [0.29, 0.717) is 19.5 Å². The van der Waals surface area contributed by atoms with Gasteiger partial charge in [-0.3, -0.25) is 9.69 Å².